The Morgan fingerprint density at radius 1 is 1.08 bits per heavy atom. The highest BCUT2D eigenvalue weighted by Crippen LogP contribution is 2.22. The van der Waals surface area contributed by atoms with Gasteiger partial charge < -0.3 is 10.1 Å². The average Bonchev–Trinajstić information content (AvgIpc) is 3.04. The molecule has 0 bridgehead atoms. The Kier molecular flexibility index (Phi) is 5.37. The Morgan fingerprint density at radius 2 is 1.69 bits per heavy atom. The summed E-state index contributed by atoms with van der Waals surface area (Å²) in [7, 11) is 1.78. The van der Waals surface area contributed by atoms with Crippen LogP contribution in [0.3, 0.4) is 0 Å². The van der Waals surface area contributed by atoms with E-state index >= 15 is 0 Å². The van der Waals surface area contributed by atoms with Gasteiger partial charge in [-0.1, -0.05) is 36.8 Å². The zero-order chi connectivity index (χ0) is 18.5. The zero-order valence-electron chi connectivity index (χ0n) is 15.3. The van der Waals surface area contributed by atoms with Crippen LogP contribution in [-0.4, -0.2) is 15.7 Å². The number of rotatable bonds is 6. The number of ether oxygens (including phenoxy) is 1. The molecule has 1 heterocycles. The number of aromatic nitrogens is 2. The molecule has 5 nitrogen and oxygen atoms in total. The molecule has 0 saturated heterocycles. The second kappa shape index (κ2) is 7.87. The first-order chi connectivity index (χ1) is 12.5. The molecule has 3 aromatic rings. The molecule has 1 aromatic heterocycles. The van der Waals surface area contributed by atoms with Crippen LogP contribution in [0.25, 0.3) is 0 Å². The van der Waals surface area contributed by atoms with Crippen LogP contribution in [0.1, 0.15) is 34.2 Å². The fourth-order valence-corrected chi connectivity index (χ4v) is 2.60. The molecule has 1 N–H and O–H groups in total. The summed E-state index contributed by atoms with van der Waals surface area (Å²) in [6.45, 7) is 4.52. The van der Waals surface area contributed by atoms with Crippen LogP contribution in [-0.2, 0) is 20.0 Å². The van der Waals surface area contributed by atoms with E-state index in [1.165, 1.54) is 5.56 Å². The van der Waals surface area contributed by atoms with Crippen molar-refractivity contribution < 1.29 is 9.53 Å². The summed E-state index contributed by atoms with van der Waals surface area (Å²) in [5, 5.41) is 7.23. The van der Waals surface area contributed by atoms with Crippen LogP contribution in [0.15, 0.2) is 54.6 Å². The Morgan fingerprint density at radius 3 is 2.27 bits per heavy atom. The van der Waals surface area contributed by atoms with Gasteiger partial charge in [0, 0.05) is 13.6 Å². The minimum atomic E-state index is -0.125. The van der Waals surface area contributed by atoms with Crippen molar-refractivity contribution in [2.45, 2.75) is 26.8 Å². The lowest BCUT2D eigenvalue weighted by atomic mass is 10.2. The van der Waals surface area contributed by atoms with Gasteiger partial charge in [0.1, 0.15) is 17.2 Å². The van der Waals surface area contributed by atoms with Gasteiger partial charge in [-0.25, -0.2) is 0 Å². The molecule has 26 heavy (non-hydrogen) atoms. The fourth-order valence-electron chi connectivity index (χ4n) is 2.60. The summed E-state index contributed by atoms with van der Waals surface area (Å²) in [6, 6.07) is 17.5. The van der Waals surface area contributed by atoms with E-state index < -0.39 is 0 Å². The number of nitrogens with one attached hydrogen (secondary N) is 1. The van der Waals surface area contributed by atoms with E-state index in [0.29, 0.717) is 12.2 Å². The number of benzene rings is 2. The van der Waals surface area contributed by atoms with Crippen molar-refractivity contribution in [3.8, 4) is 11.5 Å². The fraction of sp³-hybridized carbons (Fsp3) is 0.238. The highest BCUT2D eigenvalue weighted by molar-refractivity contribution is 5.92. The number of nitrogens with zero attached hydrogens (tertiary/aromatic N) is 2. The summed E-state index contributed by atoms with van der Waals surface area (Å²) >= 11 is 0. The molecule has 3 rings (SSSR count). The lowest BCUT2D eigenvalue weighted by Gasteiger charge is -2.08. The van der Waals surface area contributed by atoms with Crippen molar-refractivity contribution in [1.29, 1.82) is 0 Å². The number of carbonyl (C=O) groups excluding carboxylic acids is 1. The number of carbonyl (C=O) groups is 1. The predicted octanol–water partition coefficient (Wildman–Crippen LogP) is 4.01. The predicted molar refractivity (Wildman–Crippen MR) is 101 cm³/mol. The van der Waals surface area contributed by atoms with Crippen LogP contribution in [0.2, 0.25) is 0 Å². The topological polar surface area (TPSA) is 56.1 Å². The van der Waals surface area contributed by atoms with Crippen molar-refractivity contribution in [1.82, 2.24) is 15.1 Å². The van der Waals surface area contributed by atoms with E-state index in [0.717, 1.165) is 29.2 Å². The Hall–Kier alpha value is -3.08. The molecule has 0 radical (unpaired) electrons. The number of aryl methyl sites for hydroxylation is 3. The van der Waals surface area contributed by atoms with Gasteiger partial charge >= 0.3 is 0 Å². The van der Waals surface area contributed by atoms with Gasteiger partial charge in [-0.3, -0.25) is 9.48 Å². The van der Waals surface area contributed by atoms with E-state index in [1.807, 2.05) is 68.4 Å². The first kappa shape index (κ1) is 17.7. The summed E-state index contributed by atoms with van der Waals surface area (Å²) in [5.41, 5.74) is 3.69. The van der Waals surface area contributed by atoms with E-state index in [9.17, 15) is 4.79 Å². The van der Waals surface area contributed by atoms with Gasteiger partial charge in [-0.05, 0) is 49.2 Å². The van der Waals surface area contributed by atoms with Crippen molar-refractivity contribution >= 4 is 5.91 Å². The van der Waals surface area contributed by atoms with Crippen LogP contribution in [0.5, 0.6) is 11.5 Å². The molecule has 0 aliphatic heterocycles. The molecular formula is C21H23N3O2. The van der Waals surface area contributed by atoms with Gasteiger partial charge in [0.05, 0.1) is 5.69 Å². The van der Waals surface area contributed by atoms with Crippen molar-refractivity contribution in [2.75, 3.05) is 0 Å². The number of amides is 1. The lowest BCUT2D eigenvalue weighted by Crippen LogP contribution is -2.25. The number of hydrogen-bond donors (Lipinski definition) is 1. The minimum Gasteiger partial charge on any atom is -0.457 e. The lowest BCUT2D eigenvalue weighted by molar-refractivity contribution is 0.0941. The third-order valence-corrected chi connectivity index (χ3v) is 4.16. The third-order valence-electron chi connectivity index (χ3n) is 4.16. The van der Waals surface area contributed by atoms with Crippen molar-refractivity contribution in [3.05, 3.63) is 77.1 Å². The minimum absolute atomic E-state index is 0.125. The summed E-state index contributed by atoms with van der Waals surface area (Å²) in [5.74, 6) is 1.45. The summed E-state index contributed by atoms with van der Waals surface area (Å²) in [4.78, 5) is 12.3. The van der Waals surface area contributed by atoms with E-state index in [4.69, 9.17) is 4.74 Å². The van der Waals surface area contributed by atoms with Gasteiger partial charge in [-0.2, -0.15) is 5.10 Å². The molecule has 0 fully saturated rings. The first-order valence-corrected chi connectivity index (χ1v) is 8.69. The molecule has 0 aliphatic rings. The van der Waals surface area contributed by atoms with Crippen molar-refractivity contribution in [3.63, 3.8) is 0 Å². The second-order valence-corrected chi connectivity index (χ2v) is 6.24. The number of hydrogen-bond acceptors (Lipinski definition) is 3. The van der Waals surface area contributed by atoms with Gasteiger partial charge in [0.25, 0.3) is 5.91 Å². The standard InChI is InChI=1S/C21H23N3O2/c1-4-17-13-20(24(3)23-17)21(25)22-14-16-7-11-19(12-8-16)26-18-9-5-15(2)6-10-18/h5-13H,4,14H2,1-3H3,(H,22,25). The van der Waals surface area contributed by atoms with Crippen LogP contribution >= 0.6 is 0 Å². The van der Waals surface area contributed by atoms with Gasteiger partial charge in [-0.15, -0.1) is 0 Å². The molecule has 5 heteroatoms. The first-order valence-electron chi connectivity index (χ1n) is 8.69. The molecule has 0 spiro atoms. The summed E-state index contributed by atoms with van der Waals surface area (Å²) in [6.07, 6.45) is 0.809. The van der Waals surface area contributed by atoms with Crippen molar-refractivity contribution in [2.24, 2.45) is 7.05 Å². The molecule has 0 aliphatic carbocycles. The van der Waals surface area contributed by atoms with Gasteiger partial charge in [0.2, 0.25) is 0 Å². The molecule has 0 unspecified atom stereocenters. The van der Waals surface area contributed by atoms with Crippen LogP contribution < -0.4 is 10.1 Å². The highest BCUT2D eigenvalue weighted by atomic mass is 16.5. The second-order valence-electron chi connectivity index (χ2n) is 6.24. The molecule has 0 saturated carbocycles. The Labute approximate surface area is 153 Å². The van der Waals surface area contributed by atoms with Crippen LogP contribution in [0.4, 0.5) is 0 Å². The molecule has 0 atom stereocenters. The average molecular weight is 349 g/mol. The zero-order valence-corrected chi connectivity index (χ0v) is 15.3. The summed E-state index contributed by atoms with van der Waals surface area (Å²) < 4.78 is 7.43. The normalized spacial score (nSPS) is 10.6. The maximum atomic E-state index is 12.3. The molecule has 2 aromatic carbocycles. The van der Waals surface area contributed by atoms with E-state index in [-0.39, 0.29) is 5.91 Å². The highest BCUT2D eigenvalue weighted by Gasteiger charge is 2.12. The quantitative estimate of drug-likeness (QED) is 0.731. The molecule has 134 valence electrons. The smallest absolute Gasteiger partial charge is 0.269 e. The van der Waals surface area contributed by atoms with Gasteiger partial charge in [0.15, 0.2) is 0 Å². The monoisotopic (exact) mass is 349 g/mol. The largest absolute Gasteiger partial charge is 0.457 e. The third kappa shape index (κ3) is 4.30. The molecule has 1 amide bonds. The maximum Gasteiger partial charge on any atom is 0.269 e. The van der Waals surface area contributed by atoms with E-state index in [2.05, 4.69) is 10.4 Å². The Balaban J connectivity index is 1.57. The van der Waals surface area contributed by atoms with E-state index in [1.54, 1.807) is 11.7 Å². The maximum absolute atomic E-state index is 12.3. The molecular weight excluding hydrogens is 326 g/mol. The SMILES string of the molecule is CCc1cc(C(=O)NCc2ccc(Oc3ccc(C)cc3)cc2)n(C)n1. The van der Waals surface area contributed by atoms with Crippen LogP contribution in [0, 0.1) is 6.92 Å². The Bertz CT molecular complexity index is 881.